The molecule has 2 radical (unpaired) electrons. The largest absolute Gasteiger partial charge is 0.464 e. The molecule has 13 nitrogen and oxygen atoms in total. The summed E-state index contributed by atoms with van der Waals surface area (Å²) < 4.78 is 58.7. The first-order chi connectivity index (χ1) is 21.2. The van der Waals surface area contributed by atoms with Crippen molar-refractivity contribution in [2.24, 2.45) is 5.41 Å². The summed E-state index contributed by atoms with van der Waals surface area (Å²) >= 11 is 0. The number of carbonyl (C=O) groups excluding carboxylic acids is 2. The summed E-state index contributed by atoms with van der Waals surface area (Å²) in [6.45, 7) is 19.1. The maximum Gasteiger partial charge on any atom is 0.333 e. The highest BCUT2D eigenvalue weighted by Crippen LogP contribution is 2.29. The van der Waals surface area contributed by atoms with Crippen LogP contribution >= 0.6 is 0 Å². The minimum atomic E-state index is -0.662. The molecule has 0 spiro atoms. The fourth-order valence-corrected chi connectivity index (χ4v) is 2.82. The van der Waals surface area contributed by atoms with Crippen LogP contribution in [0.5, 0.6) is 0 Å². The van der Waals surface area contributed by atoms with Gasteiger partial charge >= 0.3 is 11.9 Å². The molecular formula is C30H55BO13. The summed E-state index contributed by atoms with van der Waals surface area (Å²) in [6, 6.07) is 0. The fraction of sp³-hybridized carbons (Fsp3) is 0.867. The van der Waals surface area contributed by atoms with Gasteiger partial charge in [-0.25, -0.2) is 4.79 Å². The predicted molar refractivity (Wildman–Crippen MR) is 163 cm³/mol. The number of hydrogen-bond acceptors (Lipinski definition) is 13. The van der Waals surface area contributed by atoms with E-state index in [-0.39, 0.29) is 18.6 Å². The van der Waals surface area contributed by atoms with Crippen molar-refractivity contribution < 1.29 is 61.7 Å². The van der Waals surface area contributed by atoms with Crippen LogP contribution in [0.25, 0.3) is 0 Å². The minimum absolute atomic E-state index is 0.165. The smallest absolute Gasteiger partial charge is 0.333 e. The Hall–Kier alpha value is -1.62. The van der Waals surface area contributed by atoms with Crippen LogP contribution in [0.4, 0.5) is 0 Å². The van der Waals surface area contributed by atoms with Crippen LogP contribution in [-0.4, -0.2) is 152 Å². The lowest BCUT2D eigenvalue weighted by Crippen LogP contribution is -2.26. The average Bonchev–Trinajstić information content (AvgIpc) is 2.98. The van der Waals surface area contributed by atoms with Crippen LogP contribution in [-0.2, 0) is 61.7 Å². The molecule has 1 atom stereocenters. The van der Waals surface area contributed by atoms with E-state index in [1.807, 2.05) is 20.8 Å². The summed E-state index contributed by atoms with van der Waals surface area (Å²) in [5.74, 6) is -1.50. The van der Waals surface area contributed by atoms with Gasteiger partial charge in [-0.3, -0.25) is 4.79 Å². The second-order valence-corrected chi connectivity index (χ2v) is 10.4. The Morgan fingerprint density at radius 2 is 0.727 bits per heavy atom. The number of carbonyl (C=O) groups is 2. The molecule has 0 fully saturated rings. The molecule has 0 aliphatic heterocycles. The Morgan fingerprint density at radius 1 is 0.500 bits per heavy atom. The van der Waals surface area contributed by atoms with Gasteiger partial charge in [-0.15, -0.1) is 0 Å². The van der Waals surface area contributed by atoms with E-state index >= 15 is 0 Å². The van der Waals surface area contributed by atoms with Gasteiger partial charge in [-0.05, 0) is 12.3 Å². The SMILES string of the molecule is [B]C(C(=O)OCCOCCOCCOCCOCCOCCOCCOCCOCCOCCOC(=O)C(=C)C)C(C)(C)C. The zero-order valence-corrected chi connectivity index (χ0v) is 27.3. The van der Waals surface area contributed by atoms with Crippen molar-refractivity contribution in [3.63, 3.8) is 0 Å². The van der Waals surface area contributed by atoms with Gasteiger partial charge in [0.15, 0.2) is 0 Å². The molecule has 0 saturated carbocycles. The maximum absolute atomic E-state index is 11.8. The van der Waals surface area contributed by atoms with Crippen molar-refractivity contribution in [2.45, 2.75) is 33.5 Å². The number of ether oxygens (including phenoxy) is 11. The lowest BCUT2D eigenvalue weighted by Gasteiger charge is -2.25. The van der Waals surface area contributed by atoms with E-state index < -0.39 is 17.8 Å². The minimum Gasteiger partial charge on any atom is -0.464 e. The number of esters is 2. The Kier molecular flexibility index (Phi) is 29.0. The van der Waals surface area contributed by atoms with Crippen LogP contribution in [0.3, 0.4) is 0 Å². The van der Waals surface area contributed by atoms with Gasteiger partial charge < -0.3 is 52.1 Å². The van der Waals surface area contributed by atoms with Gasteiger partial charge in [0, 0.05) is 11.4 Å². The molecule has 0 aliphatic rings. The molecule has 0 aromatic carbocycles. The molecule has 0 aliphatic carbocycles. The van der Waals surface area contributed by atoms with E-state index in [1.165, 1.54) is 0 Å². The first kappa shape index (κ1) is 42.4. The van der Waals surface area contributed by atoms with Gasteiger partial charge in [0.1, 0.15) is 13.2 Å². The molecule has 0 rings (SSSR count). The van der Waals surface area contributed by atoms with E-state index in [9.17, 15) is 9.59 Å². The van der Waals surface area contributed by atoms with Crippen LogP contribution in [0, 0.1) is 5.41 Å². The van der Waals surface area contributed by atoms with E-state index in [1.54, 1.807) is 6.92 Å². The average molecular weight is 635 g/mol. The van der Waals surface area contributed by atoms with Crippen molar-refractivity contribution >= 4 is 19.8 Å². The van der Waals surface area contributed by atoms with Crippen LogP contribution in [0.1, 0.15) is 27.7 Å². The third-order valence-electron chi connectivity index (χ3n) is 5.44. The van der Waals surface area contributed by atoms with E-state index in [4.69, 9.17) is 60.0 Å². The molecular weight excluding hydrogens is 579 g/mol. The molecule has 0 saturated heterocycles. The zero-order chi connectivity index (χ0) is 32.7. The molecule has 0 N–H and O–H groups in total. The highest BCUT2D eigenvalue weighted by molar-refractivity contribution is 6.23. The van der Waals surface area contributed by atoms with Crippen LogP contribution in [0.15, 0.2) is 12.2 Å². The molecule has 44 heavy (non-hydrogen) atoms. The predicted octanol–water partition coefficient (Wildman–Crippen LogP) is 1.80. The Morgan fingerprint density at radius 3 is 0.955 bits per heavy atom. The molecule has 0 aromatic rings. The molecule has 0 amide bonds. The summed E-state index contributed by atoms with van der Waals surface area (Å²) in [5.41, 5.74) is 0.0258. The molecule has 0 aromatic heterocycles. The molecule has 1 unspecified atom stereocenters. The summed E-state index contributed by atoms with van der Waals surface area (Å²) in [6.07, 6.45) is 0. The summed E-state index contributed by atoms with van der Waals surface area (Å²) in [4.78, 5) is 23.0. The Labute approximate surface area is 264 Å². The Balaban J connectivity index is 3.16. The normalized spacial score (nSPS) is 12.3. The van der Waals surface area contributed by atoms with Crippen molar-refractivity contribution in [2.75, 3.05) is 132 Å². The third kappa shape index (κ3) is 29.1. The standard InChI is InChI=1S/C30H55BO13/c1-26(2)28(32)43-24-22-41-20-18-39-16-14-37-12-10-35-8-6-34-7-9-36-11-13-38-15-17-40-19-21-42-23-25-44-29(33)27(31)30(3,4)5/h27H,1,6-25H2,2-5H3. The fourth-order valence-electron chi connectivity index (χ4n) is 2.82. The maximum atomic E-state index is 11.8. The second kappa shape index (κ2) is 30.1. The van der Waals surface area contributed by atoms with Crippen molar-refractivity contribution in [3.8, 4) is 0 Å². The summed E-state index contributed by atoms with van der Waals surface area (Å²) in [5, 5.41) is 0. The molecule has 14 heteroatoms. The summed E-state index contributed by atoms with van der Waals surface area (Å²) in [7, 11) is 5.83. The number of rotatable bonds is 32. The van der Waals surface area contributed by atoms with Crippen molar-refractivity contribution in [1.82, 2.24) is 0 Å². The first-order valence-electron chi connectivity index (χ1n) is 15.1. The van der Waals surface area contributed by atoms with Crippen LogP contribution in [0.2, 0.25) is 5.82 Å². The van der Waals surface area contributed by atoms with Gasteiger partial charge in [0.2, 0.25) is 0 Å². The number of hydrogen-bond donors (Lipinski definition) is 0. The Bertz CT molecular complexity index is 703. The van der Waals surface area contributed by atoms with E-state index in [0.717, 1.165) is 0 Å². The molecule has 0 bridgehead atoms. The second-order valence-electron chi connectivity index (χ2n) is 10.4. The monoisotopic (exact) mass is 634 g/mol. The van der Waals surface area contributed by atoms with Gasteiger partial charge in [-0.2, -0.15) is 0 Å². The highest BCUT2D eigenvalue weighted by Gasteiger charge is 2.27. The van der Waals surface area contributed by atoms with E-state index in [2.05, 4.69) is 6.58 Å². The van der Waals surface area contributed by atoms with Gasteiger partial charge in [0.05, 0.1) is 127 Å². The van der Waals surface area contributed by atoms with Gasteiger partial charge in [0.25, 0.3) is 0 Å². The van der Waals surface area contributed by atoms with E-state index in [0.29, 0.717) is 124 Å². The lowest BCUT2D eigenvalue weighted by molar-refractivity contribution is -0.147. The molecule has 256 valence electrons. The quantitative estimate of drug-likeness (QED) is 0.0461. The highest BCUT2D eigenvalue weighted by atomic mass is 16.6. The van der Waals surface area contributed by atoms with Gasteiger partial charge in [-0.1, -0.05) is 27.4 Å². The van der Waals surface area contributed by atoms with Crippen molar-refractivity contribution in [1.29, 1.82) is 0 Å². The topological polar surface area (TPSA) is 136 Å². The molecule has 0 heterocycles. The lowest BCUT2D eigenvalue weighted by atomic mass is 9.68. The zero-order valence-electron chi connectivity index (χ0n) is 27.3. The van der Waals surface area contributed by atoms with Crippen molar-refractivity contribution in [3.05, 3.63) is 12.2 Å². The first-order valence-corrected chi connectivity index (χ1v) is 15.1. The third-order valence-corrected chi connectivity index (χ3v) is 5.44. The van der Waals surface area contributed by atoms with Crippen LogP contribution < -0.4 is 0 Å².